The maximum Gasteiger partial charge on any atom is 0.265 e. The number of ether oxygens (including phenoxy) is 1. The molecule has 0 radical (unpaired) electrons. The average Bonchev–Trinajstić information content (AvgIpc) is 2.92. The summed E-state index contributed by atoms with van der Waals surface area (Å²) in [5, 5.41) is 2.98. The number of rotatable bonds is 4. The van der Waals surface area contributed by atoms with Crippen molar-refractivity contribution in [2.75, 3.05) is 12.4 Å². The van der Waals surface area contributed by atoms with Gasteiger partial charge in [-0.25, -0.2) is 0 Å². The minimum Gasteiger partial charge on any atom is -0.380 e. The van der Waals surface area contributed by atoms with Gasteiger partial charge in [0, 0.05) is 17.7 Å². The van der Waals surface area contributed by atoms with Gasteiger partial charge in [-0.1, -0.05) is 12.1 Å². The fraction of sp³-hybridized carbons (Fsp3) is 0.353. The van der Waals surface area contributed by atoms with Crippen LogP contribution >= 0.6 is 11.3 Å². The first-order chi connectivity index (χ1) is 10.3. The molecule has 0 fully saturated rings. The van der Waals surface area contributed by atoms with Crippen LogP contribution in [0, 0.1) is 0 Å². The molecular weight excluding hydrogens is 282 g/mol. The number of amides is 1. The highest BCUT2D eigenvalue weighted by Crippen LogP contribution is 2.30. The number of thiophene rings is 1. The standard InChI is InChI=1S/C17H19NO2S/c1-20-11-12-5-4-7-14(9-12)18-17(19)16-10-13-6-2-3-8-15(13)21-16/h4-5,7,9-10H,2-3,6,8,11H2,1H3,(H,18,19). The van der Waals surface area contributed by atoms with E-state index in [1.807, 2.05) is 24.3 Å². The normalized spacial score (nSPS) is 13.8. The van der Waals surface area contributed by atoms with Crippen LogP contribution in [0.5, 0.6) is 0 Å². The molecule has 2 aromatic rings. The lowest BCUT2D eigenvalue weighted by molar-refractivity contribution is 0.103. The second kappa shape index (κ2) is 6.41. The Bertz CT molecular complexity index is 624. The van der Waals surface area contributed by atoms with Crippen molar-refractivity contribution >= 4 is 22.9 Å². The molecule has 3 nitrogen and oxygen atoms in total. The van der Waals surface area contributed by atoms with Crippen LogP contribution in [0.1, 0.15) is 38.5 Å². The summed E-state index contributed by atoms with van der Waals surface area (Å²) in [5.41, 5.74) is 3.24. The minimum atomic E-state index is -0.0102. The van der Waals surface area contributed by atoms with Gasteiger partial charge in [0.05, 0.1) is 11.5 Å². The van der Waals surface area contributed by atoms with Gasteiger partial charge < -0.3 is 10.1 Å². The molecule has 0 atom stereocenters. The van der Waals surface area contributed by atoms with Crippen LogP contribution in [-0.4, -0.2) is 13.0 Å². The van der Waals surface area contributed by atoms with E-state index in [0.717, 1.165) is 29.0 Å². The summed E-state index contributed by atoms with van der Waals surface area (Å²) in [7, 11) is 1.67. The van der Waals surface area contributed by atoms with Crippen LogP contribution in [0.15, 0.2) is 30.3 Å². The Balaban J connectivity index is 1.73. The van der Waals surface area contributed by atoms with Crippen LogP contribution in [0.3, 0.4) is 0 Å². The van der Waals surface area contributed by atoms with Crippen molar-refractivity contribution in [3.05, 3.63) is 51.2 Å². The Labute approximate surface area is 129 Å². The molecule has 1 heterocycles. The smallest absolute Gasteiger partial charge is 0.265 e. The first kappa shape index (κ1) is 14.3. The summed E-state index contributed by atoms with van der Waals surface area (Å²) < 4.78 is 5.12. The molecule has 0 saturated heterocycles. The Morgan fingerprint density at radius 2 is 2.14 bits per heavy atom. The number of methoxy groups -OCH3 is 1. The quantitative estimate of drug-likeness (QED) is 0.926. The third-order valence-electron chi connectivity index (χ3n) is 3.72. The Morgan fingerprint density at radius 1 is 1.29 bits per heavy atom. The first-order valence-corrected chi connectivity index (χ1v) is 8.09. The van der Waals surface area contributed by atoms with Crippen molar-refractivity contribution in [3.63, 3.8) is 0 Å². The molecule has 1 aliphatic carbocycles. The highest BCUT2D eigenvalue weighted by molar-refractivity contribution is 7.14. The van der Waals surface area contributed by atoms with Gasteiger partial charge in [-0.2, -0.15) is 0 Å². The van der Waals surface area contributed by atoms with Gasteiger partial charge in [-0.15, -0.1) is 11.3 Å². The molecule has 0 saturated carbocycles. The van der Waals surface area contributed by atoms with E-state index < -0.39 is 0 Å². The molecule has 1 aromatic heterocycles. The van der Waals surface area contributed by atoms with Crippen molar-refractivity contribution in [2.45, 2.75) is 32.3 Å². The molecule has 0 spiro atoms. The van der Waals surface area contributed by atoms with Crippen LogP contribution in [0.4, 0.5) is 5.69 Å². The average molecular weight is 301 g/mol. The number of carbonyl (C=O) groups excluding carboxylic acids is 1. The fourth-order valence-corrected chi connectivity index (χ4v) is 3.85. The number of nitrogens with one attached hydrogen (secondary N) is 1. The lowest BCUT2D eigenvalue weighted by Gasteiger charge is -2.08. The SMILES string of the molecule is COCc1cccc(NC(=O)c2cc3c(s2)CCCC3)c1. The summed E-state index contributed by atoms with van der Waals surface area (Å²) in [6.07, 6.45) is 4.72. The monoisotopic (exact) mass is 301 g/mol. The second-order valence-electron chi connectivity index (χ2n) is 5.35. The molecule has 1 N–H and O–H groups in total. The molecule has 1 amide bonds. The zero-order valence-electron chi connectivity index (χ0n) is 12.1. The van der Waals surface area contributed by atoms with E-state index in [4.69, 9.17) is 4.74 Å². The van der Waals surface area contributed by atoms with E-state index in [1.165, 1.54) is 23.3 Å². The van der Waals surface area contributed by atoms with E-state index in [2.05, 4.69) is 11.4 Å². The Hall–Kier alpha value is -1.65. The third kappa shape index (κ3) is 3.34. The zero-order chi connectivity index (χ0) is 14.7. The summed E-state index contributed by atoms with van der Waals surface area (Å²) >= 11 is 1.64. The summed E-state index contributed by atoms with van der Waals surface area (Å²) in [6.45, 7) is 0.553. The van der Waals surface area contributed by atoms with Gasteiger partial charge in [-0.05, 0) is 55.0 Å². The fourth-order valence-electron chi connectivity index (χ4n) is 2.70. The lowest BCUT2D eigenvalue weighted by Crippen LogP contribution is -2.10. The van der Waals surface area contributed by atoms with Crippen molar-refractivity contribution in [1.82, 2.24) is 0 Å². The molecule has 0 unspecified atom stereocenters. The molecule has 4 heteroatoms. The van der Waals surface area contributed by atoms with E-state index in [-0.39, 0.29) is 5.91 Å². The van der Waals surface area contributed by atoms with E-state index in [9.17, 15) is 4.79 Å². The number of aryl methyl sites for hydroxylation is 2. The molecular formula is C17H19NO2S. The minimum absolute atomic E-state index is 0.0102. The second-order valence-corrected chi connectivity index (χ2v) is 6.49. The van der Waals surface area contributed by atoms with Crippen molar-refractivity contribution < 1.29 is 9.53 Å². The van der Waals surface area contributed by atoms with Crippen LogP contribution in [0.2, 0.25) is 0 Å². The van der Waals surface area contributed by atoms with Crippen molar-refractivity contribution in [1.29, 1.82) is 0 Å². The molecule has 3 rings (SSSR count). The highest BCUT2D eigenvalue weighted by Gasteiger charge is 2.17. The van der Waals surface area contributed by atoms with Crippen LogP contribution in [0.25, 0.3) is 0 Å². The van der Waals surface area contributed by atoms with Crippen molar-refractivity contribution in [2.24, 2.45) is 0 Å². The number of benzene rings is 1. The zero-order valence-corrected chi connectivity index (χ0v) is 13.0. The number of carbonyl (C=O) groups is 1. The van der Waals surface area contributed by atoms with Gasteiger partial charge in [0.15, 0.2) is 0 Å². The first-order valence-electron chi connectivity index (χ1n) is 7.27. The largest absolute Gasteiger partial charge is 0.380 e. The maximum atomic E-state index is 12.4. The van der Waals surface area contributed by atoms with Crippen LogP contribution in [-0.2, 0) is 24.2 Å². The Morgan fingerprint density at radius 3 is 2.95 bits per heavy atom. The van der Waals surface area contributed by atoms with Gasteiger partial charge >= 0.3 is 0 Å². The summed E-state index contributed by atoms with van der Waals surface area (Å²) in [4.78, 5) is 14.6. The van der Waals surface area contributed by atoms with Gasteiger partial charge in [-0.3, -0.25) is 4.79 Å². The molecule has 1 aromatic carbocycles. The number of fused-ring (bicyclic) bond motifs is 1. The van der Waals surface area contributed by atoms with Gasteiger partial charge in [0.25, 0.3) is 5.91 Å². The van der Waals surface area contributed by atoms with Gasteiger partial charge in [0.1, 0.15) is 0 Å². The maximum absolute atomic E-state index is 12.4. The molecule has 0 aliphatic heterocycles. The summed E-state index contributed by atoms with van der Waals surface area (Å²) in [6, 6.07) is 9.85. The molecule has 1 aliphatic rings. The molecule has 110 valence electrons. The van der Waals surface area contributed by atoms with Gasteiger partial charge in [0.2, 0.25) is 0 Å². The molecule has 21 heavy (non-hydrogen) atoms. The Kier molecular flexibility index (Phi) is 4.36. The van der Waals surface area contributed by atoms with E-state index >= 15 is 0 Å². The topological polar surface area (TPSA) is 38.3 Å². The summed E-state index contributed by atoms with van der Waals surface area (Å²) in [5.74, 6) is -0.0102. The number of hydrogen-bond acceptors (Lipinski definition) is 3. The van der Waals surface area contributed by atoms with E-state index in [1.54, 1.807) is 18.4 Å². The highest BCUT2D eigenvalue weighted by atomic mass is 32.1. The van der Waals surface area contributed by atoms with Crippen LogP contribution < -0.4 is 5.32 Å². The predicted octanol–water partition coefficient (Wildman–Crippen LogP) is 4.03. The predicted molar refractivity (Wildman–Crippen MR) is 86.1 cm³/mol. The molecule has 0 bridgehead atoms. The number of anilines is 1. The van der Waals surface area contributed by atoms with Crippen molar-refractivity contribution in [3.8, 4) is 0 Å². The number of hydrogen-bond donors (Lipinski definition) is 1. The lowest BCUT2D eigenvalue weighted by atomic mass is 9.99. The van der Waals surface area contributed by atoms with E-state index in [0.29, 0.717) is 6.61 Å². The third-order valence-corrected chi connectivity index (χ3v) is 4.95.